The van der Waals surface area contributed by atoms with Crippen molar-refractivity contribution >= 4 is 11.4 Å². The van der Waals surface area contributed by atoms with Crippen LogP contribution in [-0.4, -0.2) is 33.4 Å². The molecule has 1 aromatic carbocycles. The largest absolute Gasteiger partial charge is 0.492 e. The molecule has 0 amide bonds. The molecule has 0 bridgehead atoms. The third kappa shape index (κ3) is 3.32. The van der Waals surface area contributed by atoms with E-state index in [2.05, 4.69) is 11.0 Å². The van der Waals surface area contributed by atoms with Crippen LogP contribution in [0.3, 0.4) is 0 Å². The molecule has 1 unspecified atom stereocenters. The summed E-state index contributed by atoms with van der Waals surface area (Å²) in [6.07, 6.45) is 2.42. The molecule has 0 aliphatic carbocycles. The Balaban J connectivity index is 2.14. The lowest BCUT2D eigenvalue weighted by atomic mass is 9.98. The van der Waals surface area contributed by atoms with E-state index in [4.69, 9.17) is 15.2 Å². The second kappa shape index (κ2) is 6.66. The first-order chi connectivity index (χ1) is 9.26. The number of nitrogens with zero attached hydrogens (tertiary/aromatic N) is 1. The zero-order valence-corrected chi connectivity index (χ0v) is 11.9. The number of nitrogens with two attached hydrogens (primary N) is 1. The second-order valence-corrected chi connectivity index (χ2v) is 5.03. The Morgan fingerprint density at radius 1 is 1.42 bits per heavy atom. The molecule has 1 aromatic rings. The molecule has 19 heavy (non-hydrogen) atoms. The van der Waals surface area contributed by atoms with Gasteiger partial charge in [-0.1, -0.05) is 6.07 Å². The van der Waals surface area contributed by atoms with Gasteiger partial charge in [0.2, 0.25) is 0 Å². The van der Waals surface area contributed by atoms with E-state index in [-0.39, 0.29) is 0 Å². The maximum Gasteiger partial charge on any atom is 0.144 e. The van der Waals surface area contributed by atoms with E-state index in [1.807, 2.05) is 19.1 Å². The zero-order valence-electron chi connectivity index (χ0n) is 11.9. The minimum atomic E-state index is 0.592. The molecule has 0 aromatic heterocycles. The van der Waals surface area contributed by atoms with Crippen molar-refractivity contribution < 1.29 is 9.47 Å². The van der Waals surface area contributed by atoms with Crippen LogP contribution >= 0.6 is 0 Å². The topological polar surface area (TPSA) is 47.7 Å². The van der Waals surface area contributed by atoms with Gasteiger partial charge in [0.15, 0.2) is 0 Å². The van der Waals surface area contributed by atoms with Gasteiger partial charge in [0.1, 0.15) is 5.75 Å². The van der Waals surface area contributed by atoms with Crippen LogP contribution in [0.5, 0.6) is 5.75 Å². The standard InChI is InChI=1S/C15H24N2O2/c1-3-19-14-8-4-7-13(15(14)16)17-9-5-6-12(10-17)11-18-2/h4,7-8,12H,3,5-6,9-11,16H2,1-2H3. The van der Waals surface area contributed by atoms with E-state index >= 15 is 0 Å². The van der Waals surface area contributed by atoms with Crippen LogP contribution in [0, 0.1) is 5.92 Å². The van der Waals surface area contributed by atoms with Crippen LogP contribution in [0.4, 0.5) is 11.4 Å². The number of benzene rings is 1. The Labute approximate surface area is 115 Å². The van der Waals surface area contributed by atoms with Gasteiger partial charge in [0.05, 0.1) is 24.6 Å². The molecule has 4 heteroatoms. The molecule has 1 saturated heterocycles. The lowest BCUT2D eigenvalue weighted by Gasteiger charge is -2.35. The van der Waals surface area contributed by atoms with Gasteiger partial charge in [-0.3, -0.25) is 0 Å². The summed E-state index contributed by atoms with van der Waals surface area (Å²) in [5.41, 5.74) is 8.06. The van der Waals surface area contributed by atoms with Gasteiger partial charge < -0.3 is 20.1 Å². The highest BCUT2D eigenvalue weighted by atomic mass is 16.5. The first-order valence-electron chi connectivity index (χ1n) is 7.01. The molecule has 2 N–H and O–H groups in total. The lowest BCUT2D eigenvalue weighted by molar-refractivity contribution is 0.143. The fraction of sp³-hybridized carbons (Fsp3) is 0.600. The van der Waals surface area contributed by atoms with Crippen molar-refractivity contribution in [1.82, 2.24) is 0 Å². The molecule has 0 radical (unpaired) electrons. The van der Waals surface area contributed by atoms with Crippen molar-refractivity contribution in [1.29, 1.82) is 0 Å². The second-order valence-electron chi connectivity index (χ2n) is 5.03. The minimum absolute atomic E-state index is 0.592. The Bertz CT molecular complexity index is 407. The summed E-state index contributed by atoms with van der Waals surface area (Å²) in [6, 6.07) is 6.02. The Hall–Kier alpha value is -1.42. The quantitative estimate of drug-likeness (QED) is 0.830. The van der Waals surface area contributed by atoms with Gasteiger partial charge in [0, 0.05) is 20.2 Å². The number of nitrogen functional groups attached to an aromatic ring is 1. The van der Waals surface area contributed by atoms with E-state index in [1.165, 1.54) is 12.8 Å². The Morgan fingerprint density at radius 2 is 2.26 bits per heavy atom. The number of anilines is 2. The van der Waals surface area contributed by atoms with Gasteiger partial charge in [0.25, 0.3) is 0 Å². The highest BCUT2D eigenvalue weighted by Crippen LogP contribution is 2.34. The number of para-hydroxylation sites is 1. The van der Waals surface area contributed by atoms with Gasteiger partial charge in [-0.15, -0.1) is 0 Å². The third-order valence-electron chi connectivity index (χ3n) is 3.60. The van der Waals surface area contributed by atoms with Crippen LogP contribution in [0.2, 0.25) is 0 Å². The average molecular weight is 264 g/mol. The fourth-order valence-electron chi connectivity index (χ4n) is 2.75. The average Bonchev–Trinajstić information content (AvgIpc) is 2.42. The SMILES string of the molecule is CCOc1cccc(N2CCCC(COC)C2)c1N. The van der Waals surface area contributed by atoms with Crippen LogP contribution < -0.4 is 15.4 Å². The van der Waals surface area contributed by atoms with Crippen molar-refractivity contribution in [3.63, 3.8) is 0 Å². The van der Waals surface area contributed by atoms with E-state index in [0.717, 1.165) is 36.8 Å². The Morgan fingerprint density at radius 3 is 3.00 bits per heavy atom. The third-order valence-corrected chi connectivity index (χ3v) is 3.60. The highest BCUT2D eigenvalue weighted by molar-refractivity contribution is 5.74. The maximum absolute atomic E-state index is 6.22. The number of methoxy groups -OCH3 is 1. The van der Waals surface area contributed by atoms with Crippen LogP contribution in [0.15, 0.2) is 18.2 Å². The fourth-order valence-corrected chi connectivity index (χ4v) is 2.75. The summed E-state index contributed by atoms with van der Waals surface area (Å²) in [4.78, 5) is 2.35. The highest BCUT2D eigenvalue weighted by Gasteiger charge is 2.22. The minimum Gasteiger partial charge on any atom is -0.492 e. The summed E-state index contributed by atoms with van der Waals surface area (Å²) >= 11 is 0. The van der Waals surface area contributed by atoms with Gasteiger partial charge in [-0.2, -0.15) is 0 Å². The number of hydrogen-bond acceptors (Lipinski definition) is 4. The number of piperidine rings is 1. The molecule has 4 nitrogen and oxygen atoms in total. The molecule has 2 rings (SSSR count). The summed E-state index contributed by atoms with van der Waals surface area (Å²) < 4.78 is 10.8. The van der Waals surface area contributed by atoms with E-state index < -0.39 is 0 Å². The maximum atomic E-state index is 6.22. The van der Waals surface area contributed by atoms with Crippen LogP contribution in [0.1, 0.15) is 19.8 Å². The van der Waals surface area contributed by atoms with Gasteiger partial charge in [-0.25, -0.2) is 0 Å². The van der Waals surface area contributed by atoms with Crippen LogP contribution in [0.25, 0.3) is 0 Å². The molecule has 1 fully saturated rings. The molecular formula is C15H24N2O2. The number of ether oxygens (including phenoxy) is 2. The first-order valence-corrected chi connectivity index (χ1v) is 7.01. The lowest BCUT2D eigenvalue weighted by Crippen LogP contribution is -2.37. The molecule has 0 saturated carbocycles. The number of rotatable bonds is 5. The van der Waals surface area contributed by atoms with Gasteiger partial charge >= 0.3 is 0 Å². The summed E-state index contributed by atoms with van der Waals surface area (Å²) in [5.74, 6) is 1.38. The molecular weight excluding hydrogens is 240 g/mol. The summed E-state index contributed by atoms with van der Waals surface area (Å²) in [7, 11) is 1.77. The Kier molecular flexibility index (Phi) is 4.91. The first kappa shape index (κ1) is 14.0. The smallest absolute Gasteiger partial charge is 0.144 e. The number of hydrogen-bond donors (Lipinski definition) is 1. The molecule has 0 spiro atoms. The summed E-state index contributed by atoms with van der Waals surface area (Å²) in [5, 5.41) is 0. The van der Waals surface area contributed by atoms with E-state index in [0.29, 0.717) is 12.5 Å². The van der Waals surface area contributed by atoms with Crippen molar-refractivity contribution in [2.24, 2.45) is 5.92 Å². The van der Waals surface area contributed by atoms with E-state index in [1.54, 1.807) is 7.11 Å². The normalized spacial score (nSPS) is 19.5. The predicted octanol–water partition coefficient (Wildman–Crippen LogP) is 2.53. The molecule has 1 aliphatic heterocycles. The molecule has 1 heterocycles. The molecule has 106 valence electrons. The molecule has 1 aliphatic rings. The van der Waals surface area contributed by atoms with Crippen molar-refractivity contribution in [3.8, 4) is 5.75 Å². The summed E-state index contributed by atoms with van der Waals surface area (Å²) in [6.45, 7) is 5.50. The van der Waals surface area contributed by atoms with E-state index in [9.17, 15) is 0 Å². The van der Waals surface area contributed by atoms with Crippen molar-refractivity contribution in [3.05, 3.63) is 18.2 Å². The molecule has 1 atom stereocenters. The zero-order chi connectivity index (χ0) is 13.7. The van der Waals surface area contributed by atoms with Crippen LogP contribution in [-0.2, 0) is 4.74 Å². The monoisotopic (exact) mass is 264 g/mol. The predicted molar refractivity (Wildman–Crippen MR) is 78.8 cm³/mol. The van der Waals surface area contributed by atoms with Gasteiger partial charge in [-0.05, 0) is 37.8 Å². The van der Waals surface area contributed by atoms with Crippen molar-refractivity contribution in [2.75, 3.05) is 44.0 Å². The van der Waals surface area contributed by atoms with Crippen molar-refractivity contribution in [2.45, 2.75) is 19.8 Å².